The second-order valence-corrected chi connectivity index (χ2v) is 8.00. The van der Waals surface area contributed by atoms with E-state index in [2.05, 4.69) is 11.8 Å². The van der Waals surface area contributed by atoms with E-state index in [4.69, 9.17) is 14.6 Å². The van der Waals surface area contributed by atoms with Gasteiger partial charge in [-0.25, -0.2) is 0 Å². The predicted octanol–water partition coefficient (Wildman–Crippen LogP) is 5.61. The number of anilines is 2. The molecule has 0 saturated carbocycles. The summed E-state index contributed by atoms with van der Waals surface area (Å²) in [6, 6.07) is 15.7. The molecule has 0 bridgehead atoms. The number of hydrogen-bond acceptors (Lipinski definition) is 5. The van der Waals surface area contributed by atoms with E-state index in [-0.39, 0.29) is 18.6 Å². The molecule has 0 aromatic heterocycles. The van der Waals surface area contributed by atoms with Crippen molar-refractivity contribution in [3.05, 3.63) is 54.1 Å². The number of para-hydroxylation sites is 1. The Labute approximate surface area is 191 Å². The fourth-order valence-corrected chi connectivity index (χ4v) is 3.44. The zero-order valence-corrected chi connectivity index (χ0v) is 19.3. The van der Waals surface area contributed by atoms with Gasteiger partial charge in [0, 0.05) is 30.3 Å². The minimum absolute atomic E-state index is 0.0945. The van der Waals surface area contributed by atoms with Crippen LogP contribution in [0.25, 0.3) is 0 Å². The molecular formula is C26H35NO5. The molecular weight excluding hydrogens is 406 g/mol. The summed E-state index contributed by atoms with van der Waals surface area (Å²) < 4.78 is 11.5. The van der Waals surface area contributed by atoms with E-state index in [9.17, 15) is 9.59 Å². The summed E-state index contributed by atoms with van der Waals surface area (Å²) in [6.45, 7) is 7.12. The van der Waals surface area contributed by atoms with Crippen LogP contribution in [0.4, 0.5) is 11.4 Å². The van der Waals surface area contributed by atoms with Gasteiger partial charge in [-0.3, -0.25) is 4.79 Å². The van der Waals surface area contributed by atoms with Crippen LogP contribution in [0.15, 0.2) is 48.5 Å². The van der Waals surface area contributed by atoms with Gasteiger partial charge in [-0.05, 0) is 62.1 Å². The van der Waals surface area contributed by atoms with Crippen molar-refractivity contribution in [1.29, 1.82) is 0 Å². The molecule has 0 aliphatic carbocycles. The number of aliphatic carboxylic acids is 1. The van der Waals surface area contributed by atoms with Gasteiger partial charge >= 0.3 is 5.97 Å². The first-order chi connectivity index (χ1) is 15.4. The smallest absolute Gasteiger partial charge is 0.303 e. The van der Waals surface area contributed by atoms with Gasteiger partial charge in [-0.1, -0.05) is 38.5 Å². The number of aldehydes is 1. The van der Waals surface area contributed by atoms with E-state index in [0.29, 0.717) is 31.7 Å². The van der Waals surface area contributed by atoms with E-state index in [1.807, 2.05) is 62.4 Å². The topological polar surface area (TPSA) is 76.1 Å². The van der Waals surface area contributed by atoms with Gasteiger partial charge in [0.05, 0.1) is 6.61 Å². The average Bonchev–Trinajstić information content (AvgIpc) is 2.78. The van der Waals surface area contributed by atoms with Crippen molar-refractivity contribution in [2.75, 3.05) is 18.1 Å². The van der Waals surface area contributed by atoms with Crippen molar-refractivity contribution in [2.45, 2.75) is 59.2 Å². The summed E-state index contributed by atoms with van der Waals surface area (Å²) in [6.07, 6.45) is 3.94. The van der Waals surface area contributed by atoms with Crippen LogP contribution in [0.3, 0.4) is 0 Å². The van der Waals surface area contributed by atoms with Crippen molar-refractivity contribution in [1.82, 2.24) is 0 Å². The molecule has 32 heavy (non-hydrogen) atoms. The third-order valence-corrected chi connectivity index (χ3v) is 5.13. The van der Waals surface area contributed by atoms with E-state index in [1.165, 1.54) is 0 Å². The lowest BCUT2D eigenvalue weighted by Crippen LogP contribution is -2.21. The third kappa shape index (κ3) is 8.35. The van der Waals surface area contributed by atoms with Crippen LogP contribution in [0, 0.1) is 5.92 Å². The molecule has 2 aromatic carbocycles. The number of carboxylic acids is 1. The van der Waals surface area contributed by atoms with Crippen LogP contribution in [-0.2, 0) is 20.7 Å². The number of rotatable bonds is 15. The molecule has 174 valence electrons. The summed E-state index contributed by atoms with van der Waals surface area (Å²) in [4.78, 5) is 24.4. The summed E-state index contributed by atoms with van der Waals surface area (Å²) in [5.74, 6) is -0.193. The van der Waals surface area contributed by atoms with Crippen molar-refractivity contribution in [3.63, 3.8) is 0 Å². The molecule has 1 N–H and O–H groups in total. The van der Waals surface area contributed by atoms with E-state index in [0.717, 1.165) is 36.1 Å². The van der Waals surface area contributed by atoms with Gasteiger partial charge < -0.3 is 24.3 Å². The van der Waals surface area contributed by atoms with Crippen molar-refractivity contribution < 1.29 is 24.2 Å². The Kier molecular flexibility index (Phi) is 10.7. The molecule has 2 unspecified atom stereocenters. The first kappa shape index (κ1) is 25.4. The SMILES string of the molecule is CCCCOC(C)Oc1ccc(N(CCCC(=O)O)c2ccccc2CC(C)C=O)cc1. The Balaban J connectivity index is 2.22. The fraction of sp³-hybridized carbons (Fsp3) is 0.462. The van der Waals surface area contributed by atoms with Gasteiger partial charge in [0.25, 0.3) is 0 Å². The highest BCUT2D eigenvalue weighted by molar-refractivity contribution is 5.69. The highest BCUT2D eigenvalue weighted by Gasteiger charge is 2.16. The first-order valence-electron chi connectivity index (χ1n) is 11.4. The molecule has 6 nitrogen and oxygen atoms in total. The molecule has 0 amide bonds. The van der Waals surface area contributed by atoms with Gasteiger partial charge in [0.2, 0.25) is 0 Å². The maximum absolute atomic E-state index is 11.2. The van der Waals surface area contributed by atoms with E-state index >= 15 is 0 Å². The third-order valence-electron chi connectivity index (χ3n) is 5.13. The number of carboxylic acid groups (broad SMARTS) is 1. The molecule has 6 heteroatoms. The van der Waals surface area contributed by atoms with Crippen LogP contribution >= 0.6 is 0 Å². The van der Waals surface area contributed by atoms with E-state index in [1.54, 1.807) is 0 Å². The quantitative estimate of drug-likeness (QED) is 0.220. The monoisotopic (exact) mass is 441 g/mol. The van der Waals surface area contributed by atoms with E-state index < -0.39 is 5.97 Å². The Hall–Kier alpha value is -2.86. The predicted molar refractivity (Wildman–Crippen MR) is 127 cm³/mol. The number of carbonyl (C=O) groups is 2. The second-order valence-electron chi connectivity index (χ2n) is 8.00. The van der Waals surface area contributed by atoms with Gasteiger partial charge in [-0.2, -0.15) is 0 Å². The molecule has 0 heterocycles. The number of benzene rings is 2. The highest BCUT2D eigenvalue weighted by Crippen LogP contribution is 2.31. The van der Waals surface area contributed by atoms with Crippen molar-refractivity contribution in [3.8, 4) is 5.75 Å². The summed E-state index contributed by atoms with van der Waals surface area (Å²) in [7, 11) is 0. The first-order valence-corrected chi connectivity index (χ1v) is 11.4. The van der Waals surface area contributed by atoms with Gasteiger partial charge in [-0.15, -0.1) is 0 Å². The number of hydrogen-bond donors (Lipinski definition) is 1. The van der Waals surface area contributed by atoms with Gasteiger partial charge in [0.1, 0.15) is 12.0 Å². The fourth-order valence-electron chi connectivity index (χ4n) is 3.44. The van der Waals surface area contributed by atoms with Crippen LogP contribution in [0.2, 0.25) is 0 Å². The molecule has 0 aliphatic heterocycles. The van der Waals surface area contributed by atoms with Gasteiger partial charge in [0.15, 0.2) is 6.29 Å². The number of unbranched alkanes of at least 4 members (excludes halogenated alkanes) is 1. The second kappa shape index (κ2) is 13.5. The highest BCUT2D eigenvalue weighted by atomic mass is 16.7. The Morgan fingerprint density at radius 3 is 2.47 bits per heavy atom. The summed E-state index contributed by atoms with van der Waals surface area (Å²) in [5.41, 5.74) is 2.98. The molecule has 2 atom stereocenters. The Morgan fingerprint density at radius 2 is 1.81 bits per heavy atom. The molecule has 0 fully saturated rings. The Morgan fingerprint density at radius 1 is 1.09 bits per heavy atom. The van der Waals surface area contributed by atoms with Crippen molar-refractivity contribution >= 4 is 23.6 Å². The number of nitrogens with zero attached hydrogens (tertiary/aromatic N) is 1. The lowest BCUT2D eigenvalue weighted by atomic mass is 9.99. The lowest BCUT2D eigenvalue weighted by molar-refractivity contribution is -0.137. The van der Waals surface area contributed by atoms with Crippen molar-refractivity contribution in [2.24, 2.45) is 5.92 Å². The lowest BCUT2D eigenvalue weighted by Gasteiger charge is -2.28. The molecule has 0 aliphatic rings. The van der Waals surface area contributed by atoms with Crippen LogP contribution < -0.4 is 9.64 Å². The molecule has 0 spiro atoms. The van der Waals surface area contributed by atoms with Crippen LogP contribution in [-0.4, -0.2) is 36.8 Å². The summed E-state index contributed by atoms with van der Waals surface area (Å²) >= 11 is 0. The number of carbonyl (C=O) groups excluding carboxylic acids is 1. The van der Waals surface area contributed by atoms with Crippen LogP contribution in [0.5, 0.6) is 5.75 Å². The molecule has 0 saturated heterocycles. The minimum atomic E-state index is -0.811. The molecule has 2 rings (SSSR count). The Bertz CT molecular complexity index is 836. The maximum Gasteiger partial charge on any atom is 0.303 e. The zero-order chi connectivity index (χ0) is 23.3. The normalized spacial score (nSPS) is 12.7. The summed E-state index contributed by atoms with van der Waals surface area (Å²) in [5, 5.41) is 9.08. The van der Waals surface area contributed by atoms with Crippen LogP contribution in [0.1, 0.15) is 52.0 Å². The largest absolute Gasteiger partial charge is 0.481 e. The average molecular weight is 442 g/mol. The number of ether oxygens (including phenoxy) is 2. The standard InChI is InChI=1S/C26H35NO5/c1-4-5-17-31-21(3)32-24-14-12-23(13-15-24)27(16-8-11-26(29)30)25-10-7-6-9-22(25)18-20(2)19-28/h6-7,9-10,12-15,19-21H,4-5,8,11,16-18H2,1-3H3,(H,29,30). The molecule has 0 radical (unpaired) electrons. The maximum atomic E-state index is 11.2. The zero-order valence-electron chi connectivity index (χ0n) is 19.3. The molecule has 2 aromatic rings. The minimum Gasteiger partial charge on any atom is -0.481 e.